The molecule has 0 saturated carbocycles. The van der Waals surface area contributed by atoms with Gasteiger partial charge < -0.3 is 4.74 Å². The second kappa shape index (κ2) is 6.40. The first-order valence-corrected chi connectivity index (χ1v) is 5.58. The van der Waals surface area contributed by atoms with Gasteiger partial charge in [-0.3, -0.25) is 4.55 Å². The van der Waals surface area contributed by atoms with Gasteiger partial charge in [-0.25, -0.2) is 0 Å². The summed E-state index contributed by atoms with van der Waals surface area (Å²) in [5, 5.41) is 0. The van der Waals surface area contributed by atoms with Crippen LogP contribution in [0.15, 0.2) is 24.3 Å². The van der Waals surface area contributed by atoms with E-state index in [9.17, 15) is 8.42 Å². The standard InChI is InChI=1S/C9H11O4S.Na/c1-8-2-4-9(5-3-8)13-6-7-14(10,11)12;/h2-5H,1,6-7H2,(H,10,11,12);/q-1;+1. The average molecular weight is 238 g/mol. The van der Waals surface area contributed by atoms with Crippen LogP contribution in [0, 0.1) is 6.92 Å². The number of ether oxygens (including phenoxy) is 1. The minimum atomic E-state index is -3.94. The van der Waals surface area contributed by atoms with Crippen LogP contribution in [-0.4, -0.2) is 25.3 Å². The van der Waals surface area contributed by atoms with Gasteiger partial charge in [-0.15, -0.1) is 0 Å². The normalized spacial score (nSPS) is 10.5. The molecule has 1 aromatic rings. The minimum Gasteiger partial charge on any atom is -0.495 e. The first-order valence-electron chi connectivity index (χ1n) is 3.97. The molecule has 0 spiro atoms. The number of benzene rings is 1. The number of rotatable bonds is 4. The fourth-order valence-electron chi connectivity index (χ4n) is 0.851. The Balaban J connectivity index is 0.00000196. The fraction of sp³-hybridized carbons (Fsp3) is 0.222. The van der Waals surface area contributed by atoms with Crippen LogP contribution in [0.5, 0.6) is 5.75 Å². The molecule has 0 aliphatic rings. The van der Waals surface area contributed by atoms with Gasteiger partial charge in [0.15, 0.2) is 0 Å². The van der Waals surface area contributed by atoms with E-state index in [2.05, 4.69) is 6.92 Å². The van der Waals surface area contributed by atoms with Crippen molar-refractivity contribution in [2.24, 2.45) is 0 Å². The van der Waals surface area contributed by atoms with Gasteiger partial charge in [0.2, 0.25) is 0 Å². The molecule has 0 heterocycles. The monoisotopic (exact) mass is 238 g/mol. The molecule has 78 valence electrons. The van der Waals surface area contributed by atoms with Crippen molar-refractivity contribution in [3.05, 3.63) is 36.8 Å². The van der Waals surface area contributed by atoms with Gasteiger partial charge in [-0.1, -0.05) is 12.1 Å². The molecule has 0 unspecified atom stereocenters. The first-order chi connectivity index (χ1) is 6.47. The molecule has 0 radical (unpaired) electrons. The summed E-state index contributed by atoms with van der Waals surface area (Å²) in [6.07, 6.45) is 0. The molecule has 0 aliphatic heterocycles. The minimum absolute atomic E-state index is 0. The second-order valence-electron chi connectivity index (χ2n) is 2.78. The van der Waals surface area contributed by atoms with E-state index in [-0.39, 0.29) is 36.2 Å². The summed E-state index contributed by atoms with van der Waals surface area (Å²) in [7, 11) is -3.94. The Morgan fingerprint density at radius 1 is 1.27 bits per heavy atom. The SMILES string of the molecule is [CH2-]c1ccc(OCCS(=O)(=O)O)cc1.[Na+]. The van der Waals surface area contributed by atoms with Crippen molar-refractivity contribution in [2.75, 3.05) is 12.4 Å². The van der Waals surface area contributed by atoms with E-state index in [4.69, 9.17) is 9.29 Å². The van der Waals surface area contributed by atoms with Crippen molar-refractivity contribution >= 4 is 10.1 Å². The molecule has 0 saturated heterocycles. The second-order valence-corrected chi connectivity index (χ2v) is 4.35. The number of hydrogen-bond acceptors (Lipinski definition) is 3. The third-order valence-corrected chi connectivity index (χ3v) is 2.22. The van der Waals surface area contributed by atoms with Crippen molar-refractivity contribution in [2.45, 2.75) is 0 Å². The zero-order valence-corrected chi connectivity index (χ0v) is 11.3. The van der Waals surface area contributed by atoms with E-state index >= 15 is 0 Å². The molecule has 1 aromatic carbocycles. The van der Waals surface area contributed by atoms with Crippen LogP contribution in [0.3, 0.4) is 0 Å². The molecule has 0 bridgehead atoms. The molecule has 6 heteroatoms. The summed E-state index contributed by atoms with van der Waals surface area (Å²) < 4.78 is 34.2. The molecule has 1 N–H and O–H groups in total. The zero-order chi connectivity index (χ0) is 10.6. The van der Waals surface area contributed by atoms with E-state index in [1.165, 1.54) is 0 Å². The van der Waals surface area contributed by atoms with Crippen LogP contribution < -0.4 is 34.3 Å². The van der Waals surface area contributed by atoms with Crippen molar-refractivity contribution in [3.63, 3.8) is 0 Å². The van der Waals surface area contributed by atoms with Crippen LogP contribution in [0.4, 0.5) is 0 Å². The van der Waals surface area contributed by atoms with Gasteiger partial charge in [0, 0.05) is 0 Å². The molecule has 0 fully saturated rings. The third kappa shape index (κ3) is 6.81. The van der Waals surface area contributed by atoms with E-state index in [1.54, 1.807) is 24.3 Å². The molecule has 0 aliphatic carbocycles. The number of hydrogen-bond donors (Lipinski definition) is 1. The maximum absolute atomic E-state index is 10.3. The van der Waals surface area contributed by atoms with Crippen LogP contribution in [-0.2, 0) is 10.1 Å². The molecule has 15 heavy (non-hydrogen) atoms. The topological polar surface area (TPSA) is 63.6 Å². The van der Waals surface area contributed by atoms with Crippen LogP contribution in [0.1, 0.15) is 5.56 Å². The summed E-state index contributed by atoms with van der Waals surface area (Å²) in [4.78, 5) is 0. The van der Waals surface area contributed by atoms with E-state index < -0.39 is 15.9 Å². The van der Waals surface area contributed by atoms with Crippen molar-refractivity contribution in [1.29, 1.82) is 0 Å². The molecule has 0 atom stereocenters. The molecule has 0 amide bonds. The van der Waals surface area contributed by atoms with Gasteiger partial charge in [-0.05, 0) is 0 Å². The molecule has 0 aromatic heterocycles. The predicted octanol–water partition coefficient (Wildman–Crippen LogP) is -1.86. The quantitative estimate of drug-likeness (QED) is 0.379. The smallest absolute Gasteiger partial charge is 0.495 e. The maximum Gasteiger partial charge on any atom is 1.00 e. The largest absolute Gasteiger partial charge is 1.00 e. The predicted molar refractivity (Wildman–Crippen MR) is 52.8 cm³/mol. The molecule has 1 rings (SSSR count). The van der Waals surface area contributed by atoms with Crippen LogP contribution >= 0.6 is 0 Å². The maximum atomic E-state index is 10.3. The summed E-state index contributed by atoms with van der Waals surface area (Å²) in [5.74, 6) is 0.153. The van der Waals surface area contributed by atoms with E-state index in [0.717, 1.165) is 5.56 Å². The summed E-state index contributed by atoms with van der Waals surface area (Å²) >= 11 is 0. The Hall–Kier alpha value is -0.200. The van der Waals surface area contributed by atoms with Crippen molar-refractivity contribution in [3.8, 4) is 5.75 Å². The Morgan fingerprint density at radius 3 is 2.27 bits per heavy atom. The Labute approximate surface area is 112 Å². The molecular weight excluding hydrogens is 227 g/mol. The third-order valence-electron chi connectivity index (χ3n) is 1.53. The van der Waals surface area contributed by atoms with Gasteiger partial charge in [0.1, 0.15) is 12.4 Å². The molecular formula is C9H11NaO4S. The van der Waals surface area contributed by atoms with Crippen molar-refractivity contribution < 1.29 is 47.3 Å². The van der Waals surface area contributed by atoms with E-state index in [1.807, 2.05) is 0 Å². The van der Waals surface area contributed by atoms with Crippen LogP contribution in [0.2, 0.25) is 0 Å². The summed E-state index contributed by atoms with van der Waals surface area (Å²) in [5.41, 5.74) is 0.854. The fourth-order valence-corrected chi connectivity index (χ4v) is 1.14. The van der Waals surface area contributed by atoms with E-state index in [0.29, 0.717) is 5.75 Å². The van der Waals surface area contributed by atoms with Gasteiger partial charge in [-0.2, -0.15) is 33.0 Å². The van der Waals surface area contributed by atoms with Gasteiger partial charge in [0.05, 0.1) is 5.75 Å². The van der Waals surface area contributed by atoms with Crippen LogP contribution in [0.25, 0.3) is 0 Å². The average Bonchev–Trinajstić information content (AvgIpc) is 2.06. The Kier molecular flexibility index (Phi) is 6.31. The summed E-state index contributed by atoms with van der Waals surface area (Å²) in [6.45, 7) is 3.63. The summed E-state index contributed by atoms with van der Waals surface area (Å²) in [6, 6.07) is 6.88. The Morgan fingerprint density at radius 2 is 1.80 bits per heavy atom. The first kappa shape index (κ1) is 14.8. The van der Waals surface area contributed by atoms with Crippen molar-refractivity contribution in [1.82, 2.24) is 0 Å². The molecule has 4 nitrogen and oxygen atoms in total. The van der Waals surface area contributed by atoms with Gasteiger partial charge >= 0.3 is 29.6 Å². The van der Waals surface area contributed by atoms with Gasteiger partial charge in [0.25, 0.3) is 10.1 Å². The Bertz CT molecular complexity index is 385. The zero-order valence-electron chi connectivity index (χ0n) is 8.51.